The predicted molar refractivity (Wildman–Crippen MR) is 139 cm³/mol. The standard InChI is InChI=1S/C28H34ClN3O3/c1-17-12-18(2)26(19(3)13-17)30-25(33)16-31(4)28(35)24-15-20-8-5-6-11-23(20)32(24)27(34)21-9-7-10-22(29)14-21/h7,9-10,12-14,20,23-24H,5-6,8,11,15-16H2,1-4H3,(H,30,33). The third-order valence-electron chi connectivity index (χ3n) is 7.38. The van der Waals surface area contributed by atoms with Crippen molar-refractivity contribution in [1.82, 2.24) is 9.80 Å². The van der Waals surface area contributed by atoms with Gasteiger partial charge in [-0.2, -0.15) is 0 Å². The first-order valence-corrected chi connectivity index (χ1v) is 12.7. The molecular formula is C28H34ClN3O3. The van der Waals surface area contributed by atoms with E-state index in [1.165, 1.54) is 4.90 Å². The van der Waals surface area contributed by atoms with Crippen LogP contribution in [0.2, 0.25) is 5.02 Å². The minimum absolute atomic E-state index is 0.0456. The number of carbonyl (C=O) groups is 3. The summed E-state index contributed by atoms with van der Waals surface area (Å²) in [5, 5.41) is 3.46. The second kappa shape index (κ2) is 10.4. The first kappa shape index (κ1) is 25.2. The Bertz CT molecular complexity index is 1130. The van der Waals surface area contributed by atoms with Gasteiger partial charge in [0.25, 0.3) is 5.91 Å². The van der Waals surface area contributed by atoms with E-state index >= 15 is 0 Å². The minimum Gasteiger partial charge on any atom is -0.335 e. The SMILES string of the molecule is Cc1cc(C)c(NC(=O)CN(C)C(=O)C2CC3CCCCC3N2C(=O)c2cccc(Cl)c2)c(C)c1. The van der Waals surface area contributed by atoms with Gasteiger partial charge in [-0.05, 0) is 75.3 Å². The number of nitrogens with zero attached hydrogens (tertiary/aromatic N) is 2. The summed E-state index contributed by atoms with van der Waals surface area (Å²) in [6.07, 6.45) is 4.72. The van der Waals surface area contributed by atoms with E-state index in [1.54, 1.807) is 36.2 Å². The van der Waals surface area contributed by atoms with Gasteiger partial charge in [-0.1, -0.05) is 48.2 Å². The molecule has 2 aliphatic rings. The summed E-state index contributed by atoms with van der Waals surface area (Å²) in [6, 6.07) is 10.4. The molecule has 2 aromatic carbocycles. The number of amides is 3. The molecule has 7 heteroatoms. The summed E-state index contributed by atoms with van der Waals surface area (Å²) < 4.78 is 0. The molecule has 1 N–H and O–H groups in total. The molecule has 3 amide bonds. The van der Waals surface area contributed by atoms with Crippen LogP contribution in [0.5, 0.6) is 0 Å². The Kier molecular flexibility index (Phi) is 7.50. The molecule has 1 saturated heterocycles. The van der Waals surface area contributed by atoms with Crippen molar-refractivity contribution < 1.29 is 14.4 Å². The van der Waals surface area contributed by atoms with E-state index < -0.39 is 6.04 Å². The smallest absolute Gasteiger partial charge is 0.254 e. The fraction of sp³-hybridized carbons (Fsp3) is 0.464. The monoisotopic (exact) mass is 495 g/mol. The van der Waals surface area contributed by atoms with Gasteiger partial charge in [0, 0.05) is 29.4 Å². The summed E-state index contributed by atoms with van der Waals surface area (Å²) in [5.74, 6) is -0.300. The van der Waals surface area contributed by atoms with Crippen molar-refractivity contribution in [3.63, 3.8) is 0 Å². The molecule has 1 aliphatic carbocycles. The van der Waals surface area contributed by atoms with E-state index in [9.17, 15) is 14.4 Å². The number of halogens is 1. The topological polar surface area (TPSA) is 69.7 Å². The van der Waals surface area contributed by atoms with E-state index in [4.69, 9.17) is 11.6 Å². The van der Waals surface area contributed by atoms with Crippen LogP contribution >= 0.6 is 11.6 Å². The molecule has 4 rings (SSSR count). The van der Waals surface area contributed by atoms with Crippen LogP contribution in [0.15, 0.2) is 36.4 Å². The second-order valence-corrected chi connectivity index (χ2v) is 10.5. The average Bonchev–Trinajstić information content (AvgIpc) is 3.19. The van der Waals surface area contributed by atoms with Crippen LogP contribution in [0.25, 0.3) is 0 Å². The molecule has 2 aromatic rings. The van der Waals surface area contributed by atoms with Crippen molar-refractivity contribution in [1.29, 1.82) is 0 Å². The van der Waals surface area contributed by atoms with Gasteiger partial charge in [0.05, 0.1) is 6.54 Å². The van der Waals surface area contributed by atoms with Crippen molar-refractivity contribution in [2.24, 2.45) is 5.92 Å². The first-order valence-electron chi connectivity index (χ1n) is 12.4. The summed E-state index contributed by atoms with van der Waals surface area (Å²) >= 11 is 6.15. The maximum Gasteiger partial charge on any atom is 0.254 e. The molecule has 0 spiro atoms. The molecule has 0 aromatic heterocycles. The van der Waals surface area contributed by atoms with Crippen molar-refractivity contribution in [2.45, 2.75) is 65.0 Å². The quantitative estimate of drug-likeness (QED) is 0.624. The Morgan fingerprint density at radius 2 is 1.74 bits per heavy atom. The zero-order valence-corrected chi connectivity index (χ0v) is 21.7. The Balaban J connectivity index is 1.51. The minimum atomic E-state index is -0.574. The van der Waals surface area contributed by atoms with Gasteiger partial charge in [-0.3, -0.25) is 14.4 Å². The molecule has 1 aliphatic heterocycles. The highest BCUT2D eigenvalue weighted by atomic mass is 35.5. The fourth-order valence-electron chi connectivity index (χ4n) is 5.85. The van der Waals surface area contributed by atoms with Crippen molar-refractivity contribution in [2.75, 3.05) is 18.9 Å². The molecule has 2 fully saturated rings. The summed E-state index contributed by atoms with van der Waals surface area (Å²) in [5.41, 5.74) is 4.39. The van der Waals surface area contributed by atoms with E-state index in [2.05, 4.69) is 5.32 Å². The van der Waals surface area contributed by atoms with Crippen LogP contribution in [0.1, 0.15) is 59.2 Å². The molecule has 186 valence electrons. The molecule has 3 unspecified atom stereocenters. The largest absolute Gasteiger partial charge is 0.335 e. The molecule has 1 heterocycles. The lowest BCUT2D eigenvalue weighted by molar-refractivity contribution is -0.137. The molecule has 0 bridgehead atoms. The van der Waals surface area contributed by atoms with Crippen LogP contribution in [-0.4, -0.2) is 53.2 Å². The lowest BCUT2D eigenvalue weighted by Gasteiger charge is -2.34. The molecule has 35 heavy (non-hydrogen) atoms. The first-order chi connectivity index (χ1) is 16.7. The maximum absolute atomic E-state index is 13.6. The molecule has 1 saturated carbocycles. The highest BCUT2D eigenvalue weighted by Gasteiger charge is 2.48. The van der Waals surface area contributed by atoms with E-state index in [-0.39, 0.29) is 30.3 Å². The number of anilines is 1. The Labute approximate surface area is 212 Å². The number of likely N-dealkylation sites (N-methyl/N-ethyl adjacent to an activating group) is 1. The number of hydrogen-bond donors (Lipinski definition) is 1. The Morgan fingerprint density at radius 1 is 1.06 bits per heavy atom. The zero-order chi connectivity index (χ0) is 25.3. The lowest BCUT2D eigenvalue weighted by Crippen LogP contribution is -2.51. The van der Waals surface area contributed by atoms with Crippen LogP contribution in [0.3, 0.4) is 0 Å². The number of carbonyl (C=O) groups excluding carboxylic acids is 3. The van der Waals surface area contributed by atoms with Crippen molar-refractivity contribution >= 4 is 35.0 Å². The van der Waals surface area contributed by atoms with Gasteiger partial charge >= 0.3 is 0 Å². The van der Waals surface area contributed by atoms with Gasteiger partial charge in [-0.15, -0.1) is 0 Å². The normalized spacial score (nSPS) is 21.4. The zero-order valence-electron chi connectivity index (χ0n) is 20.9. The lowest BCUT2D eigenvalue weighted by atomic mass is 9.84. The van der Waals surface area contributed by atoms with Gasteiger partial charge < -0.3 is 15.1 Å². The number of likely N-dealkylation sites (tertiary alicyclic amines) is 1. The summed E-state index contributed by atoms with van der Waals surface area (Å²) in [7, 11) is 1.64. The molecular weight excluding hydrogens is 462 g/mol. The van der Waals surface area contributed by atoms with Gasteiger partial charge in [0.1, 0.15) is 6.04 Å². The van der Waals surface area contributed by atoms with Crippen LogP contribution in [0.4, 0.5) is 5.69 Å². The van der Waals surface area contributed by atoms with Crippen LogP contribution in [-0.2, 0) is 9.59 Å². The predicted octanol–water partition coefficient (Wildman–Crippen LogP) is 5.14. The Hall–Kier alpha value is -2.86. The third-order valence-corrected chi connectivity index (χ3v) is 7.61. The number of aryl methyl sites for hydroxylation is 3. The number of nitrogens with one attached hydrogen (secondary N) is 1. The number of fused-ring (bicyclic) bond motifs is 1. The number of hydrogen-bond acceptors (Lipinski definition) is 3. The third kappa shape index (κ3) is 5.37. The van der Waals surface area contributed by atoms with Crippen LogP contribution < -0.4 is 5.32 Å². The van der Waals surface area contributed by atoms with Crippen molar-refractivity contribution in [3.8, 4) is 0 Å². The van der Waals surface area contributed by atoms with E-state index in [0.29, 0.717) is 22.9 Å². The molecule has 0 radical (unpaired) electrons. The molecule has 3 atom stereocenters. The number of rotatable bonds is 5. The van der Waals surface area contributed by atoms with E-state index in [1.807, 2.05) is 32.9 Å². The van der Waals surface area contributed by atoms with Gasteiger partial charge in [0.15, 0.2) is 0 Å². The van der Waals surface area contributed by atoms with E-state index in [0.717, 1.165) is 48.1 Å². The summed E-state index contributed by atoms with van der Waals surface area (Å²) in [6.45, 7) is 5.87. The molecule has 6 nitrogen and oxygen atoms in total. The second-order valence-electron chi connectivity index (χ2n) is 10.1. The highest BCUT2D eigenvalue weighted by molar-refractivity contribution is 6.31. The number of benzene rings is 2. The fourth-order valence-corrected chi connectivity index (χ4v) is 6.04. The van der Waals surface area contributed by atoms with Gasteiger partial charge in [-0.25, -0.2) is 0 Å². The average molecular weight is 496 g/mol. The Morgan fingerprint density at radius 3 is 2.43 bits per heavy atom. The van der Waals surface area contributed by atoms with Crippen molar-refractivity contribution in [3.05, 3.63) is 63.7 Å². The van der Waals surface area contributed by atoms with Crippen LogP contribution in [0, 0.1) is 26.7 Å². The summed E-state index contributed by atoms with van der Waals surface area (Å²) in [4.78, 5) is 43.3. The van der Waals surface area contributed by atoms with Gasteiger partial charge in [0.2, 0.25) is 11.8 Å². The maximum atomic E-state index is 13.6. The highest BCUT2D eigenvalue weighted by Crippen LogP contribution is 2.41.